The maximum Gasteiger partial charge on any atom is 0.410 e. The zero-order valence-electron chi connectivity index (χ0n) is 21.8. The second kappa shape index (κ2) is 9.71. The molecule has 1 N–H and O–H groups in total. The number of carbonyl (C=O) groups excluding carboxylic acids is 1. The molecule has 0 bridgehead atoms. The van der Waals surface area contributed by atoms with E-state index in [4.69, 9.17) is 4.74 Å². The summed E-state index contributed by atoms with van der Waals surface area (Å²) in [6.07, 6.45) is 1.35. The minimum atomic E-state index is -0.493. The molecule has 0 saturated carbocycles. The van der Waals surface area contributed by atoms with Gasteiger partial charge in [0.1, 0.15) is 5.60 Å². The summed E-state index contributed by atoms with van der Waals surface area (Å²) in [4.78, 5) is 45.5. The summed E-state index contributed by atoms with van der Waals surface area (Å²) in [6.45, 7) is 10.9. The van der Waals surface area contributed by atoms with E-state index in [1.54, 1.807) is 18.3 Å². The fourth-order valence-corrected chi connectivity index (χ4v) is 4.33. The van der Waals surface area contributed by atoms with Gasteiger partial charge in [-0.2, -0.15) is 0 Å². The van der Waals surface area contributed by atoms with Gasteiger partial charge < -0.3 is 24.4 Å². The molecule has 1 aliphatic heterocycles. The fourth-order valence-electron chi connectivity index (χ4n) is 4.33. The van der Waals surface area contributed by atoms with Crippen molar-refractivity contribution in [2.75, 3.05) is 42.9 Å². The van der Waals surface area contributed by atoms with E-state index in [1.165, 1.54) is 11.6 Å². The van der Waals surface area contributed by atoms with Gasteiger partial charge in [-0.25, -0.2) is 14.6 Å². The van der Waals surface area contributed by atoms with Crippen LogP contribution in [0.4, 0.5) is 16.2 Å². The predicted octanol–water partition coefficient (Wildman–Crippen LogP) is 2.16. The number of fused-ring (bicyclic) bond motifs is 1. The number of ether oxygens (including phenoxy) is 1. The number of hydrogen-bond acceptors (Lipinski definition) is 7. The van der Waals surface area contributed by atoms with Crippen LogP contribution in [0.15, 0.2) is 40.2 Å². The predicted molar refractivity (Wildman–Crippen MR) is 140 cm³/mol. The molecule has 3 heterocycles. The van der Waals surface area contributed by atoms with E-state index < -0.39 is 11.3 Å². The number of anilines is 2. The number of aryl methyl sites for hydroxylation is 1. The van der Waals surface area contributed by atoms with Gasteiger partial charge >= 0.3 is 11.8 Å². The zero-order chi connectivity index (χ0) is 26.2. The van der Waals surface area contributed by atoms with Crippen LogP contribution in [0.2, 0.25) is 0 Å². The molecule has 1 amide bonds. The highest BCUT2D eigenvalue weighted by Gasteiger charge is 2.26. The molecule has 1 aliphatic rings. The summed E-state index contributed by atoms with van der Waals surface area (Å²) in [5.41, 5.74) is 1.61. The van der Waals surface area contributed by atoms with Crippen LogP contribution in [0.25, 0.3) is 11.2 Å². The molecule has 0 spiro atoms. The van der Waals surface area contributed by atoms with Crippen LogP contribution in [-0.2, 0) is 18.8 Å². The molecule has 0 radical (unpaired) electrons. The van der Waals surface area contributed by atoms with E-state index in [0.29, 0.717) is 30.8 Å². The lowest BCUT2D eigenvalue weighted by Gasteiger charge is -2.36. The van der Waals surface area contributed by atoms with Crippen molar-refractivity contribution in [1.82, 2.24) is 23.6 Å². The third-order valence-corrected chi connectivity index (χ3v) is 6.41. The fraction of sp³-hybridized carbons (Fsp3) is 0.520. The van der Waals surface area contributed by atoms with E-state index in [1.807, 2.05) is 44.4 Å². The van der Waals surface area contributed by atoms with Gasteiger partial charge in [-0.3, -0.25) is 13.9 Å². The molecule has 1 atom stereocenters. The topological polar surface area (TPSA) is 107 Å². The molecular weight excluding hydrogens is 462 g/mol. The number of benzene rings is 1. The third-order valence-electron chi connectivity index (χ3n) is 6.41. The summed E-state index contributed by atoms with van der Waals surface area (Å²) >= 11 is 0. The van der Waals surface area contributed by atoms with Gasteiger partial charge in [0.2, 0.25) is 0 Å². The van der Waals surface area contributed by atoms with Gasteiger partial charge in [0, 0.05) is 64.2 Å². The number of carbonyl (C=O) groups is 1. The number of imidazole rings is 1. The number of nitrogens with one attached hydrogen (secondary N) is 1. The van der Waals surface area contributed by atoms with E-state index >= 15 is 0 Å². The van der Waals surface area contributed by atoms with Crippen molar-refractivity contribution < 1.29 is 9.53 Å². The van der Waals surface area contributed by atoms with Gasteiger partial charge in [-0.15, -0.1) is 0 Å². The molecule has 11 nitrogen and oxygen atoms in total. The Morgan fingerprint density at radius 1 is 1.06 bits per heavy atom. The largest absolute Gasteiger partial charge is 0.444 e. The zero-order valence-corrected chi connectivity index (χ0v) is 21.8. The Hall–Kier alpha value is -3.76. The van der Waals surface area contributed by atoms with Crippen molar-refractivity contribution in [3.8, 4) is 0 Å². The first-order chi connectivity index (χ1) is 17.0. The number of aromatic nitrogens is 4. The molecule has 194 valence electrons. The highest BCUT2D eigenvalue weighted by atomic mass is 16.6. The van der Waals surface area contributed by atoms with Crippen LogP contribution < -0.4 is 21.5 Å². The summed E-state index contributed by atoms with van der Waals surface area (Å²) in [5, 5.41) is 3.42. The Morgan fingerprint density at radius 2 is 1.69 bits per heavy atom. The van der Waals surface area contributed by atoms with Crippen molar-refractivity contribution in [2.24, 2.45) is 14.1 Å². The van der Waals surface area contributed by atoms with Crippen LogP contribution in [0, 0.1) is 0 Å². The first-order valence-electron chi connectivity index (χ1n) is 12.2. The minimum Gasteiger partial charge on any atom is -0.444 e. The van der Waals surface area contributed by atoms with E-state index in [0.717, 1.165) is 29.0 Å². The molecule has 3 aromatic rings. The van der Waals surface area contributed by atoms with Crippen molar-refractivity contribution in [1.29, 1.82) is 0 Å². The van der Waals surface area contributed by atoms with Gasteiger partial charge in [0.05, 0.1) is 6.33 Å². The number of piperazine rings is 1. The quantitative estimate of drug-likeness (QED) is 0.576. The summed E-state index contributed by atoms with van der Waals surface area (Å²) in [7, 11) is 3.09. The van der Waals surface area contributed by atoms with E-state index in [2.05, 4.69) is 27.3 Å². The highest BCUT2D eigenvalue weighted by molar-refractivity contribution is 5.70. The molecule has 4 rings (SSSR count). The summed E-state index contributed by atoms with van der Waals surface area (Å²) in [6, 6.07) is 8.11. The second-order valence-corrected chi connectivity index (χ2v) is 10.3. The first-order valence-corrected chi connectivity index (χ1v) is 12.2. The Kier molecular flexibility index (Phi) is 6.83. The first kappa shape index (κ1) is 25.3. The second-order valence-electron chi connectivity index (χ2n) is 10.3. The number of nitrogens with zero attached hydrogens (tertiary/aromatic N) is 6. The molecule has 1 unspecified atom stereocenters. The molecule has 2 aromatic heterocycles. The maximum atomic E-state index is 12.7. The summed E-state index contributed by atoms with van der Waals surface area (Å²) < 4.78 is 9.78. The van der Waals surface area contributed by atoms with Gasteiger partial charge in [0.25, 0.3) is 5.56 Å². The Labute approximate surface area is 209 Å². The Bertz CT molecular complexity index is 1360. The van der Waals surface area contributed by atoms with Crippen LogP contribution >= 0.6 is 0 Å². The van der Waals surface area contributed by atoms with Crippen LogP contribution in [0.5, 0.6) is 0 Å². The lowest BCUT2D eigenvalue weighted by molar-refractivity contribution is 0.0240. The highest BCUT2D eigenvalue weighted by Crippen LogP contribution is 2.21. The number of amides is 1. The van der Waals surface area contributed by atoms with Crippen LogP contribution in [-0.4, -0.2) is 68.0 Å². The SMILES string of the molecule is CC(CNc1ccc(N2CCN(C(=O)OC(C)(C)C)CC2)cc1)n1cnc2c1c(=O)n(C)c(=O)n2C. The minimum absolute atomic E-state index is 0.0687. The Morgan fingerprint density at radius 3 is 2.31 bits per heavy atom. The van der Waals surface area contributed by atoms with E-state index in [-0.39, 0.29) is 17.7 Å². The Balaban J connectivity index is 1.36. The molecule has 36 heavy (non-hydrogen) atoms. The standard InChI is InChI=1S/C25H35N7O4/c1-17(32-16-27-21-20(32)22(33)29(6)23(34)28(21)5)15-26-18-7-9-19(10-8-18)30-11-13-31(14-12-30)24(35)36-25(2,3)4/h7-10,16-17,26H,11-15H2,1-6H3. The number of rotatable bonds is 5. The van der Waals surface area contributed by atoms with Crippen LogP contribution in [0.1, 0.15) is 33.7 Å². The van der Waals surface area contributed by atoms with E-state index in [9.17, 15) is 14.4 Å². The van der Waals surface area contributed by atoms with Crippen molar-refractivity contribution in [2.45, 2.75) is 39.3 Å². The molecule has 11 heteroatoms. The van der Waals surface area contributed by atoms with Gasteiger partial charge in [-0.05, 0) is 52.0 Å². The summed E-state index contributed by atoms with van der Waals surface area (Å²) in [5.74, 6) is 0. The molecule has 1 saturated heterocycles. The average molecular weight is 498 g/mol. The van der Waals surface area contributed by atoms with Crippen molar-refractivity contribution in [3.05, 3.63) is 51.4 Å². The molecule has 0 aliphatic carbocycles. The molecule has 1 aromatic carbocycles. The monoisotopic (exact) mass is 497 g/mol. The smallest absolute Gasteiger partial charge is 0.410 e. The maximum absolute atomic E-state index is 12.7. The third kappa shape index (κ3) is 5.09. The lowest BCUT2D eigenvalue weighted by Crippen LogP contribution is -2.50. The van der Waals surface area contributed by atoms with Crippen molar-refractivity contribution >= 4 is 28.6 Å². The number of hydrogen-bond donors (Lipinski definition) is 1. The van der Waals surface area contributed by atoms with Gasteiger partial charge in [-0.1, -0.05) is 0 Å². The van der Waals surface area contributed by atoms with Gasteiger partial charge in [0.15, 0.2) is 11.2 Å². The normalized spacial score (nSPS) is 15.3. The van der Waals surface area contributed by atoms with Crippen molar-refractivity contribution in [3.63, 3.8) is 0 Å². The molecular formula is C25H35N7O4. The molecule has 1 fully saturated rings. The lowest BCUT2D eigenvalue weighted by atomic mass is 10.2. The van der Waals surface area contributed by atoms with Crippen LogP contribution in [0.3, 0.4) is 0 Å². The average Bonchev–Trinajstić information content (AvgIpc) is 3.30.